The molecule has 0 amide bonds. The molecule has 0 aliphatic rings. The number of hydrogen-bond donors (Lipinski definition) is 2. The second-order valence-electron chi connectivity index (χ2n) is 4.79. The van der Waals surface area contributed by atoms with E-state index >= 15 is 0 Å². The quantitative estimate of drug-likeness (QED) is 0.484. The van der Waals surface area contributed by atoms with Gasteiger partial charge in [0.1, 0.15) is 0 Å². The molecule has 1 aromatic heterocycles. The Hall–Kier alpha value is -1.82. The molecule has 2 aromatic rings. The van der Waals surface area contributed by atoms with E-state index in [4.69, 9.17) is 11.6 Å². The molecule has 1 heterocycles. The van der Waals surface area contributed by atoms with Crippen molar-refractivity contribution in [1.29, 1.82) is 0 Å². The summed E-state index contributed by atoms with van der Waals surface area (Å²) in [7, 11) is 0. The lowest BCUT2D eigenvalue weighted by Gasteiger charge is -2.30. The molecule has 2 rings (SSSR count). The molecule has 1 aromatic carbocycles. The van der Waals surface area contributed by atoms with Gasteiger partial charge >= 0.3 is 0 Å². The Morgan fingerprint density at radius 3 is 2.70 bits per heavy atom. The number of aromatic nitrogens is 2. The lowest BCUT2D eigenvalue weighted by atomic mass is 9.96. The number of fused-ring (bicyclic) bond motifs is 1. The number of H-pyrrole nitrogens is 1. The zero-order valence-corrected chi connectivity index (χ0v) is 12.2. The molecule has 20 heavy (non-hydrogen) atoms. The van der Waals surface area contributed by atoms with Gasteiger partial charge in [-0.25, -0.2) is 4.98 Å². The summed E-state index contributed by atoms with van der Waals surface area (Å²) in [5.41, 5.74) is 1.15. The minimum absolute atomic E-state index is 0.0438. The molecule has 0 bridgehead atoms. The minimum Gasteiger partial charge on any atom is -0.349 e. The Bertz CT molecular complexity index is 614. The highest BCUT2D eigenvalue weighted by Crippen LogP contribution is 2.25. The third kappa shape index (κ3) is 2.70. The Kier molecular flexibility index (Phi) is 4.13. The second-order valence-corrected chi connectivity index (χ2v) is 5.06. The van der Waals surface area contributed by atoms with E-state index in [9.17, 15) is 10.1 Å². The lowest BCUT2D eigenvalue weighted by molar-refractivity contribution is -0.384. The van der Waals surface area contributed by atoms with Crippen LogP contribution in [0.1, 0.15) is 26.7 Å². The van der Waals surface area contributed by atoms with Crippen LogP contribution in [0.4, 0.5) is 11.6 Å². The van der Waals surface area contributed by atoms with E-state index in [-0.39, 0.29) is 11.2 Å². The third-order valence-electron chi connectivity index (χ3n) is 3.67. The monoisotopic (exact) mass is 296 g/mol. The number of nitro groups is 1. The van der Waals surface area contributed by atoms with Crippen molar-refractivity contribution in [3.05, 3.63) is 28.3 Å². The Balaban J connectivity index is 2.34. The van der Waals surface area contributed by atoms with E-state index in [1.165, 1.54) is 12.1 Å². The molecule has 0 aliphatic heterocycles. The fourth-order valence-corrected chi connectivity index (χ4v) is 2.52. The zero-order chi connectivity index (χ0) is 14.8. The van der Waals surface area contributed by atoms with Crippen molar-refractivity contribution < 1.29 is 4.92 Å². The zero-order valence-electron chi connectivity index (χ0n) is 11.4. The van der Waals surface area contributed by atoms with E-state index in [0.717, 1.165) is 12.8 Å². The number of rotatable bonds is 6. The number of nitrogens with zero attached hydrogens (tertiary/aromatic N) is 2. The summed E-state index contributed by atoms with van der Waals surface area (Å²) in [5, 5.41) is 14.1. The molecule has 0 radical (unpaired) electrons. The van der Waals surface area contributed by atoms with E-state index in [1.807, 2.05) is 0 Å². The van der Waals surface area contributed by atoms with Crippen molar-refractivity contribution >= 4 is 34.3 Å². The number of nitro benzene ring substituents is 1. The predicted octanol–water partition coefficient (Wildman–Crippen LogP) is 3.68. The van der Waals surface area contributed by atoms with Gasteiger partial charge in [0.2, 0.25) is 5.95 Å². The average molecular weight is 297 g/mol. The van der Waals surface area contributed by atoms with Gasteiger partial charge in [0.15, 0.2) is 0 Å². The number of non-ortho nitro benzene ring substituents is 1. The number of anilines is 1. The maximum absolute atomic E-state index is 10.8. The summed E-state index contributed by atoms with van der Waals surface area (Å²) in [6.45, 7) is 4.12. The van der Waals surface area contributed by atoms with Crippen molar-refractivity contribution in [2.24, 2.45) is 0 Å². The molecule has 0 spiro atoms. The standard InChI is InChI=1S/C13H17ClN4O2/c1-3-13(4-2,8-14)17-12-15-10-6-5-9(18(19)20)7-11(10)16-12/h5-7H,3-4,8H2,1-2H3,(H2,15,16,17). The molecule has 2 N–H and O–H groups in total. The number of benzene rings is 1. The molecule has 0 unspecified atom stereocenters. The van der Waals surface area contributed by atoms with E-state index < -0.39 is 4.92 Å². The first kappa shape index (κ1) is 14.6. The first-order valence-electron chi connectivity index (χ1n) is 6.52. The van der Waals surface area contributed by atoms with Crippen LogP contribution in [-0.4, -0.2) is 26.3 Å². The summed E-state index contributed by atoms with van der Waals surface area (Å²) in [4.78, 5) is 17.8. The smallest absolute Gasteiger partial charge is 0.271 e. The number of aromatic amines is 1. The third-order valence-corrected chi connectivity index (χ3v) is 4.18. The average Bonchev–Trinajstić information content (AvgIpc) is 2.85. The Labute approximate surface area is 121 Å². The van der Waals surface area contributed by atoms with Gasteiger partial charge in [-0.1, -0.05) is 13.8 Å². The van der Waals surface area contributed by atoms with E-state index in [1.54, 1.807) is 6.07 Å². The van der Waals surface area contributed by atoms with Crippen LogP contribution in [0, 0.1) is 10.1 Å². The molecule has 7 heteroatoms. The van der Waals surface area contributed by atoms with E-state index in [0.29, 0.717) is 22.9 Å². The van der Waals surface area contributed by atoms with Gasteiger partial charge in [-0.05, 0) is 18.9 Å². The summed E-state index contributed by atoms with van der Waals surface area (Å²) < 4.78 is 0. The molecule has 0 atom stereocenters. The van der Waals surface area contributed by atoms with E-state index in [2.05, 4.69) is 29.1 Å². The molecule has 0 saturated carbocycles. The van der Waals surface area contributed by atoms with Crippen LogP contribution in [-0.2, 0) is 0 Å². The predicted molar refractivity (Wildman–Crippen MR) is 80.4 cm³/mol. The van der Waals surface area contributed by atoms with Crippen LogP contribution >= 0.6 is 11.6 Å². The number of imidazole rings is 1. The van der Waals surface area contributed by atoms with Crippen LogP contribution in [0.5, 0.6) is 0 Å². The van der Waals surface area contributed by atoms with Crippen LogP contribution in [0.3, 0.4) is 0 Å². The SMILES string of the molecule is CCC(CC)(CCl)Nc1nc2ccc([N+](=O)[O-])cc2[nH]1. The molecule has 0 aliphatic carbocycles. The van der Waals surface area contributed by atoms with Crippen molar-refractivity contribution in [1.82, 2.24) is 9.97 Å². The first-order valence-corrected chi connectivity index (χ1v) is 7.05. The highest BCUT2D eigenvalue weighted by Gasteiger charge is 2.26. The highest BCUT2D eigenvalue weighted by atomic mass is 35.5. The van der Waals surface area contributed by atoms with Crippen LogP contribution < -0.4 is 5.32 Å². The molecule has 6 nitrogen and oxygen atoms in total. The van der Waals surface area contributed by atoms with Crippen molar-refractivity contribution in [3.8, 4) is 0 Å². The lowest BCUT2D eigenvalue weighted by Crippen LogP contribution is -2.39. The van der Waals surface area contributed by atoms with Gasteiger partial charge in [-0.15, -0.1) is 11.6 Å². The summed E-state index contributed by atoms with van der Waals surface area (Å²) in [6, 6.07) is 4.56. The molecule has 0 fully saturated rings. The van der Waals surface area contributed by atoms with Crippen LogP contribution in [0.15, 0.2) is 18.2 Å². The maximum atomic E-state index is 10.8. The highest BCUT2D eigenvalue weighted by molar-refractivity contribution is 6.18. The number of halogens is 1. The number of alkyl halides is 1. The molecular formula is C13H17ClN4O2. The van der Waals surface area contributed by atoms with Crippen LogP contribution in [0.2, 0.25) is 0 Å². The van der Waals surface area contributed by atoms with Crippen molar-refractivity contribution in [2.75, 3.05) is 11.2 Å². The van der Waals surface area contributed by atoms with Gasteiger partial charge in [0.25, 0.3) is 5.69 Å². The van der Waals surface area contributed by atoms with Crippen molar-refractivity contribution in [2.45, 2.75) is 32.2 Å². The normalized spacial score (nSPS) is 11.8. The first-order chi connectivity index (χ1) is 9.53. The minimum atomic E-state index is -0.422. The maximum Gasteiger partial charge on any atom is 0.271 e. The van der Waals surface area contributed by atoms with Gasteiger partial charge < -0.3 is 10.3 Å². The fourth-order valence-electron chi connectivity index (χ4n) is 2.07. The van der Waals surface area contributed by atoms with Gasteiger partial charge in [0, 0.05) is 18.0 Å². The van der Waals surface area contributed by atoms with Gasteiger partial charge in [-0.3, -0.25) is 10.1 Å². The molecule has 0 saturated heterocycles. The molecule has 108 valence electrons. The fraction of sp³-hybridized carbons (Fsp3) is 0.462. The van der Waals surface area contributed by atoms with Crippen LogP contribution in [0.25, 0.3) is 11.0 Å². The largest absolute Gasteiger partial charge is 0.349 e. The number of nitrogens with one attached hydrogen (secondary N) is 2. The van der Waals surface area contributed by atoms with Gasteiger partial charge in [0.05, 0.1) is 21.5 Å². The topological polar surface area (TPSA) is 83.8 Å². The summed E-state index contributed by atoms with van der Waals surface area (Å²) in [5.74, 6) is 1.06. The molecular weight excluding hydrogens is 280 g/mol. The second kappa shape index (κ2) is 5.66. The summed E-state index contributed by atoms with van der Waals surface area (Å²) >= 11 is 6.05. The van der Waals surface area contributed by atoms with Crippen molar-refractivity contribution in [3.63, 3.8) is 0 Å². The number of hydrogen-bond acceptors (Lipinski definition) is 4. The summed E-state index contributed by atoms with van der Waals surface area (Å²) in [6.07, 6.45) is 1.73. The Morgan fingerprint density at radius 1 is 1.45 bits per heavy atom. The van der Waals surface area contributed by atoms with Gasteiger partial charge in [-0.2, -0.15) is 0 Å². The Morgan fingerprint density at radius 2 is 2.15 bits per heavy atom.